The van der Waals surface area contributed by atoms with Gasteiger partial charge in [0.25, 0.3) is 0 Å². The van der Waals surface area contributed by atoms with Crippen LogP contribution in [0.3, 0.4) is 0 Å². The van der Waals surface area contributed by atoms with Crippen molar-refractivity contribution in [2.45, 2.75) is 32.0 Å². The lowest BCUT2D eigenvalue weighted by molar-refractivity contribution is -0.142. The summed E-state index contributed by atoms with van der Waals surface area (Å²) < 4.78 is 1.87. The number of benzene rings is 1. The van der Waals surface area contributed by atoms with E-state index in [1.807, 2.05) is 33.7 Å². The van der Waals surface area contributed by atoms with E-state index in [2.05, 4.69) is 11.1 Å². The van der Waals surface area contributed by atoms with Crippen LogP contribution in [-0.4, -0.2) is 38.1 Å². The minimum Gasteiger partial charge on any atom is -0.480 e. The van der Waals surface area contributed by atoms with Crippen LogP contribution in [0.1, 0.15) is 18.7 Å². The third-order valence-electron chi connectivity index (χ3n) is 3.96. The van der Waals surface area contributed by atoms with E-state index in [0.29, 0.717) is 13.0 Å². The fraction of sp³-hybridized carbons (Fsp3) is 0.400. The summed E-state index contributed by atoms with van der Waals surface area (Å²) in [5, 5.41) is 18.3. The van der Waals surface area contributed by atoms with Gasteiger partial charge in [0.1, 0.15) is 18.4 Å². The van der Waals surface area contributed by atoms with Gasteiger partial charge in [0.2, 0.25) is 0 Å². The van der Waals surface area contributed by atoms with Gasteiger partial charge in [-0.2, -0.15) is 5.26 Å². The van der Waals surface area contributed by atoms with Crippen molar-refractivity contribution in [1.29, 1.82) is 5.26 Å². The number of likely N-dealkylation sites (tertiary alicyclic amines) is 1. The van der Waals surface area contributed by atoms with Crippen molar-refractivity contribution in [2.24, 2.45) is 0 Å². The highest BCUT2D eigenvalue weighted by Gasteiger charge is 2.31. The molecule has 108 valence electrons. The molecule has 1 saturated heterocycles. The Morgan fingerprint density at radius 3 is 3.05 bits per heavy atom. The minimum absolute atomic E-state index is 0.224. The number of carboxylic acid groups (broad SMARTS) is 1. The lowest BCUT2D eigenvalue weighted by atomic mass is 10.2. The highest BCUT2D eigenvalue weighted by atomic mass is 16.4. The fourth-order valence-corrected chi connectivity index (χ4v) is 2.97. The number of nitriles is 1. The minimum atomic E-state index is -0.782. The zero-order valence-corrected chi connectivity index (χ0v) is 11.6. The summed E-state index contributed by atoms with van der Waals surface area (Å²) in [7, 11) is 0. The van der Waals surface area contributed by atoms with Gasteiger partial charge in [-0.15, -0.1) is 0 Å². The Labute approximate surface area is 122 Å². The Balaban J connectivity index is 1.95. The maximum absolute atomic E-state index is 11.3. The second kappa shape index (κ2) is 5.54. The third-order valence-corrected chi connectivity index (χ3v) is 3.96. The molecular formula is C15H16N4O2. The number of rotatable bonds is 4. The molecule has 3 rings (SSSR count). The molecular weight excluding hydrogens is 268 g/mol. The zero-order valence-electron chi connectivity index (χ0n) is 11.6. The molecule has 0 bridgehead atoms. The summed E-state index contributed by atoms with van der Waals surface area (Å²) in [6.45, 7) is 1.45. The number of fused-ring (bicyclic) bond motifs is 1. The number of hydrogen-bond donors (Lipinski definition) is 1. The topological polar surface area (TPSA) is 82.2 Å². The number of aliphatic carboxylic acids is 1. The van der Waals surface area contributed by atoms with Crippen LogP contribution in [-0.2, 0) is 17.9 Å². The van der Waals surface area contributed by atoms with Gasteiger partial charge in [0.05, 0.1) is 23.6 Å². The maximum Gasteiger partial charge on any atom is 0.320 e. The molecule has 2 heterocycles. The average Bonchev–Trinajstić information content (AvgIpc) is 3.05. The second-order valence-corrected chi connectivity index (χ2v) is 5.23. The second-order valence-electron chi connectivity index (χ2n) is 5.23. The molecule has 2 aromatic rings. The van der Waals surface area contributed by atoms with Gasteiger partial charge in [0, 0.05) is 0 Å². The maximum atomic E-state index is 11.3. The summed E-state index contributed by atoms with van der Waals surface area (Å²) in [4.78, 5) is 17.8. The highest BCUT2D eigenvalue weighted by molar-refractivity contribution is 5.76. The fourth-order valence-electron chi connectivity index (χ4n) is 2.97. The standard InChI is InChI=1S/C15H16N4O2/c16-7-9-19-12-5-2-1-4-11(12)17-14(19)10-18-8-3-6-13(18)15(20)21/h1-2,4-5,13H,3,6,8-10H2,(H,20,21). The molecule has 1 aliphatic heterocycles. The quantitative estimate of drug-likeness (QED) is 0.922. The van der Waals surface area contributed by atoms with Gasteiger partial charge in [-0.25, -0.2) is 4.98 Å². The van der Waals surface area contributed by atoms with Gasteiger partial charge >= 0.3 is 5.97 Å². The molecule has 21 heavy (non-hydrogen) atoms. The molecule has 0 amide bonds. The average molecular weight is 284 g/mol. The van der Waals surface area contributed by atoms with Gasteiger partial charge in [-0.05, 0) is 31.5 Å². The number of nitrogens with zero attached hydrogens (tertiary/aromatic N) is 4. The number of para-hydroxylation sites is 2. The normalized spacial score (nSPS) is 18.9. The molecule has 0 spiro atoms. The van der Waals surface area contributed by atoms with E-state index in [0.717, 1.165) is 29.8 Å². The van der Waals surface area contributed by atoms with Crippen LogP contribution < -0.4 is 0 Å². The van der Waals surface area contributed by atoms with Crippen LogP contribution in [0.5, 0.6) is 0 Å². The highest BCUT2D eigenvalue weighted by Crippen LogP contribution is 2.22. The lowest BCUT2D eigenvalue weighted by Gasteiger charge is -2.20. The number of carbonyl (C=O) groups is 1. The Bertz CT molecular complexity index is 716. The van der Waals surface area contributed by atoms with E-state index in [-0.39, 0.29) is 6.54 Å². The molecule has 6 nitrogen and oxygen atoms in total. The van der Waals surface area contributed by atoms with Gasteiger partial charge in [0.15, 0.2) is 0 Å². The zero-order chi connectivity index (χ0) is 14.8. The van der Waals surface area contributed by atoms with Gasteiger partial charge in [-0.1, -0.05) is 12.1 Å². The molecule has 1 unspecified atom stereocenters. The molecule has 6 heteroatoms. The predicted octanol–water partition coefficient (Wildman–Crippen LogP) is 1.61. The van der Waals surface area contributed by atoms with E-state index < -0.39 is 12.0 Å². The first kappa shape index (κ1) is 13.6. The molecule has 1 atom stereocenters. The first-order valence-electron chi connectivity index (χ1n) is 6.98. The van der Waals surface area contributed by atoms with Crippen LogP contribution in [0.15, 0.2) is 24.3 Å². The molecule has 0 saturated carbocycles. The third kappa shape index (κ3) is 2.48. The van der Waals surface area contributed by atoms with Crippen LogP contribution in [0.4, 0.5) is 0 Å². The first-order chi connectivity index (χ1) is 10.2. The summed E-state index contributed by atoms with van der Waals surface area (Å²) in [6, 6.07) is 9.37. The number of carboxylic acids is 1. The van der Waals surface area contributed by atoms with E-state index in [1.165, 1.54) is 0 Å². The molecule has 1 aromatic heterocycles. The van der Waals surface area contributed by atoms with Gasteiger partial charge < -0.3 is 9.67 Å². The Hall–Kier alpha value is -2.39. The first-order valence-corrected chi connectivity index (χ1v) is 6.98. The van der Waals surface area contributed by atoms with E-state index in [9.17, 15) is 9.90 Å². The van der Waals surface area contributed by atoms with Crippen molar-refractivity contribution >= 4 is 17.0 Å². The van der Waals surface area contributed by atoms with E-state index in [1.54, 1.807) is 0 Å². The Morgan fingerprint density at radius 1 is 1.48 bits per heavy atom. The molecule has 1 fully saturated rings. The van der Waals surface area contributed by atoms with E-state index in [4.69, 9.17) is 5.26 Å². The van der Waals surface area contributed by atoms with Crippen molar-refractivity contribution in [3.8, 4) is 6.07 Å². The SMILES string of the molecule is N#CCn1c(CN2CCCC2C(=O)O)nc2ccccc21. The summed E-state index contributed by atoms with van der Waals surface area (Å²) in [5.41, 5.74) is 1.76. The Morgan fingerprint density at radius 2 is 2.29 bits per heavy atom. The lowest BCUT2D eigenvalue weighted by Crippen LogP contribution is -2.36. The summed E-state index contributed by atoms with van der Waals surface area (Å²) in [6.07, 6.45) is 1.56. The van der Waals surface area contributed by atoms with Crippen LogP contribution in [0.25, 0.3) is 11.0 Å². The van der Waals surface area contributed by atoms with Crippen LogP contribution in [0.2, 0.25) is 0 Å². The van der Waals surface area contributed by atoms with Crippen molar-refractivity contribution in [1.82, 2.24) is 14.5 Å². The molecule has 0 radical (unpaired) electrons. The van der Waals surface area contributed by atoms with Crippen molar-refractivity contribution < 1.29 is 9.90 Å². The molecule has 0 aliphatic carbocycles. The van der Waals surface area contributed by atoms with Crippen LogP contribution >= 0.6 is 0 Å². The Kier molecular flexibility index (Phi) is 3.59. The summed E-state index contributed by atoms with van der Waals surface area (Å²) in [5.74, 6) is -0.0265. The van der Waals surface area contributed by atoms with Crippen molar-refractivity contribution in [3.05, 3.63) is 30.1 Å². The van der Waals surface area contributed by atoms with Gasteiger partial charge in [-0.3, -0.25) is 9.69 Å². The molecule has 1 aliphatic rings. The predicted molar refractivity (Wildman–Crippen MR) is 76.4 cm³/mol. The molecule has 1 N–H and O–H groups in total. The van der Waals surface area contributed by atoms with Crippen molar-refractivity contribution in [3.63, 3.8) is 0 Å². The van der Waals surface area contributed by atoms with E-state index >= 15 is 0 Å². The molecule has 1 aromatic carbocycles. The van der Waals surface area contributed by atoms with Crippen LogP contribution in [0, 0.1) is 11.3 Å². The number of aromatic nitrogens is 2. The van der Waals surface area contributed by atoms with Crippen molar-refractivity contribution in [2.75, 3.05) is 6.54 Å². The largest absolute Gasteiger partial charge is 0.480 e. The summed E-state index contributed by atoms with van der Waals surface area (Å²) >= 11 is 0. The number of hydrogen-bond acceptors (Lipinski definition) is 4. The smallest absolute Gasteiger partial charge is 0.320 e. The number of imidazole rings is 1. The monoisotopic (exact) mass is 284 g/mol.